The van der Waals surface area contributed by atoms with Gasteiger partial charge >= 0.3 is 5.76 Å². The number of hydrogen-bond acceptors (Lipinski definition) is 8. The van der Waals surface area contributed by atoms with Gasteiger partial charge in [0.25, 0.3) is 0 Å². The fourth-order valence-electron chi connectivity index (χ4n) is 3.59. The molecule has 1 saturated heterocycles. The molecular weight excluding hydrogens is 425 g/mol. The Morgan fingerprint density at radius 3 is 2.78 bits per heavy atom. The van der Waals surface area contributed by atoms with Crippen LogP contribution < -0.4 is 11.1 Å². The smallest absolute Gasteiger partial charge is 0.380 e. The topological polar surface area (TPSA) is 108 Å². The van der Waals surface area contributed by atoms with Crippen LogP contribution in [0.4, 0.5) is 10.2 Å². The van der Waals surface area contributed by atoms with Crippen molar-refractivity contribution in [2.45, 2.75) is 18.9 Å². The van der Waals surface area contributed by atoms with Gasteiger partial charge in [-0.05, 0) is 57.3 Å². The highest BCUT2D eigenvalue weighted by molar-refractivity contribution is 9.10. The summed E-state index contributed by atoms with van der Waals surface area (Å²) in [4.78, 5) is 12.2. The van der Waals surface area contributed by atoms with Gasteiger partial charge in [-0.3, -0.25) is 4.52 Å². The van der Waals surface area contributed by atoms with Gasteiger partial charge in [-0.25, -0.2) is 18.4 Å². The predicted octanol–water partition coefficient (Wildman–Crippen LogP) is 2.37. The van der Waals surface area contributed by atoms with Crippen LogP contribution in [0, 0.1) is 11.2 Å². The summed E-state index contributed by atoms with van der Waals surface area (Å²) in [5, 5.41) is 14.8. The highest BCUT2D eigenvalue weighted by Crippen LogP contribution is 2.48. The lowest BCUT2D eigenvalue weighted by molar-refractivity contribution is -0.159. The molecule has 0 amide bonds. The van der Waals surface area contributed by atoms with E-state index in [-0.39, 0.29) is 27.4 Å². The van der Waals surface area contributed by atoms with E-state index in [9.17, 15) is 9.18 Å². The van der Waals surface area contributed by atoms with E-state index >= 15 is 0 Å². The zero-order chi connectivity index (χ0) is 18.6. The maximum Gasteiger partial charge on any atom is 0.446 e. The van der Waals surface area contributed by atoms with Gasteiger partial charge in [-0.2, -0.15) is 0 Å². The van der Waals surface area contributed by atoms with Gasteiger partial charge in [-0.1, -0.05) is 5.16 Å². The summed E-state index contributed by atoms with van der Waals surface area (Å²) in [5.74, 6) is -0.692. The van der Waals surface area contributed by atoms with Gasteiger partial charge in [-0.15, -0.1) is 0 Å². The SMILES string of the molecule is O=c1onc(-c2nonc2NC2CC3(COC3)C2)n1-c1ccc(F)c(Br)c1. The largest absolute Gasteiger partial charge is 0.446 e. The summed E-state index contributed by atoms with van der Waals surface area (Å²) in [6.07, 6.45) is 1.94. The number of rotatable bonds is 4. The molecule has 11 heteroatoms. The zero-order valence-electron chi connectivity index (χ0n) is 13.8. The van der Waals surface area contributed by atoms with Gasteiger partial charge in [0.05, 0.1) is 23.4 Å². The Morgan fingerprint density at radius 2 is 2.07 bits per heavy atom. The van der Waals surface area contributed by atoms with E-state index in [2.05, 4.69) is 36.7 Å². The summed E-state index contributed by atoms with van der Waals surface area (Å²) in [6, 6.07) is 4.34. The number of benzene rings is 1. The number of halogens is 2. The van der Waals surface area contributed by atoms with Crippen molar-refractivity contribution in [3.05, 3.63) is 39.0 Å². The third kappa shape index (κ3) is 2.69. The maximum absolute atomic E-state index is 13.5. The van der Waals surface area contributed by atoms with Crippen LogP contribution in [0.5, 0.6) is 0 Å². The minimum absolute atomic E-state index is 0.114. The average molecular weight is 438 g/mol. The second kappa shape index (κ2) is 5.99. The third-order valence-electron chi connectivity index (χ3n) is 4.98. The highest BCUT2D eigenvalue weighted by atomic mass is 79.9. The second-order valence-corrected chi connectivity index (χ2v) is 7.76. The van der Waals surface area contributed by atoms with Gasteiger partial charge in [0.2, 0.25) is 11.6 Å². The minimum atomic E-state index is -0.730. The molecule has 0 radical (unpaired) electrons. The highest BCUT2D eigenvalue weighted by Gasteiger charge is 2.50. The molecule has 0 bridgehead atoms. The Labute approximate surface area is 159 Å². The molecule has 9 nitrogen and oxygen atoms in total. The molecule has 1 aromatic carbocycles. The van der Waals surface area contributed by atoms with Gasteiger partial charge < -0.3 is 10.1 Å². The quantitative estimate of drug-likeness (QED) is 0.662. The van der Waals surface area contributed by atoms with Crippen molar-refractivity contribution >= 4 is 21.7 Å². The second-order valence-electron chi connectivity index (χ2n) is 6.91. The van der Waals surface area contributed by atoms with E-state index in [1.54, 1.807) is 0 Å². The average Bonchev–Trinajstić information content (AvgIpc) is 3.17. The number of nitrogens with zero attached hydrogens (tertiary/aromatic N) is 4. The lowest BCUT2D eigenvalue weighted by Crippen LogP contribution is -2.56. The lowest BCUT2D eigenvalue weighted by Gasteiger charge is -2.53. The van der Waals surface area contributed by atoms with Crippen LogP contribution in [0.3, 0.4) is 0 Å². The Balaban J connectivity index is 1.47. The molecule has 140 valence electrons. The number of anilines is 1. The first-order valence-corrected chi connectivity index (χ1v) is 9.05. The molecule has 2 aromatic heterocycles. The van der Waals surface area contributed by atoms with Crippen LogP contribution in [-0.4, -0.2) is 39.3 Å². The fourth-order valence-corrected chi connectivity index (χ4v) is 3.96. The third-order valence-corrected chi connectivity index (χ3v) is 5.59. The van der Waals surface area contributed by atoms with E-state index in [1.807, 2.05) is 0 Å². The summed E-state index contributed by atoms with van der Waals surface area (Å²) in [7, 11) is 0. The molecule has 1 saturated carbocycles. The number of hydrogen-bond donors (Lipinski definition) is 1. The molecule has 3 aromatic rings. The summed E-state index contributed by atoms with van der Waals surface area (Å²) < 4.78 is 29.8. The van der Waals surface area contributed by atoms with Crippen LogP contribution in [0.2, 0.25) is 0 Å². The van der Waals surface area contributed by atoms with E-state index in [0.717, 1.165) is 26.1 Å². The van der Waals surface area contributed by atoms with Crippen molar-refractivity contribution in [3.8, 4) is 17.2 Å². The molecule has 1 N–H and O–H groups in total. The molecular formula is C16H13BrFN5O4. The van der Waals surface area contributed by atoms with Crippen molar-refractivity contribution < 1.29 is 18.3 Å². The summed E-state index contributed by atoms with van der Waals surface area (Å²) >= 11 is 3.11. The molecule has 0 atom stereocenters. The number of ether oxygens (including phenoxy) is 1. The normalized spacial score (nSPS) is 18.3. The first-order chi connectivity index (χ1) is 13.0. The Kier molecular flexibility index (Phi) is 3.69. The van der Waals surface area contributed by atoms with Gasteiger partial charge in [0.1, 0.15) is 5.82 Å². The summed E-state index contributed by atoms with van der Waals surface area (Å²) in [6.45, 7) is 1.58. The van der Waals surface area contributed by atoms with Crippen molar-refractivity contribution in [1.82, 2.24) is 20.0 Å². The zero-order valence-corrected chi connectivity index (χ0v) is 15.4. The van der Waals surface area contributed by atoms with Crippen molar-refractivity contribution in [2.24, 2.45) is 5.41 Å². The van der Waals surface area contributed by atoms with Crippen LogP contribution >= 0.6 is 15.9 Å². The van der Waals surface area contributed by atoms with Crippen molar-refractivity contribution in [1.29, 1.82) is 0 Å². The molecule has 1 spiro atoms. The fraction of sp³-hybridized carbons (Fsp3) is 0.375. The Morgan fingerprint density at radius 1 is 1.26 bits per heavy atom. The molecule has 1 aliphatic heterocycles. The Bertz CT molecular complexity index is 1060. The monoisotopic (exact) mass is 437 g/mol. The molecule has 3 heterocycles. The van der Waals surface area contributed by atoms with E-state index in [1.165, 1.54) is 22.8 Å². The number of aromatic nitrogens is 4. The molecule has 2 fully saturated rings. The van der Waals surface area contributed by atoms with E-state index in [4.69, 9.17) is 13.9 Å². The lowest BCUT2D eigenvalue weighted by atomic mass is 9.64. The van der Waals surface area contributed by atoms with Gasteiger partial charge in [0.15, 0.2) is 5.69 Å². The van der Waals surface area contributed by atoms with Crippen LogP contribution in [0.15, 0.2) is 36.6 Å². The van der Waals surface area contributed by atoms with Crippen LogP contribution in [0.1, 0.15) is 12.8 Å². The van der Waals surface area contributed by atoms with Crippen molar-refractivity contribution in [2.75, 3.05) is 18.5 Å². The first kappa shape index (κ1) is 16.6. The maximum atomic E-state index is 13.5. The van der Waals surface area contributed by atoms with Gasteiger partial charge in [0, 0.05) is 11.5 Å². The van der Waals surface area contributed by atoms with E-state index < -0.39 is 11.6 Å². The van der Waals surface area contributed by atoms with E-state index in [0.29, 0.717) is 11.5 Å². The standard InChI is InChI=1S/C16H13BrFN5O4/c17-10-3-9(1-2-11(10)18)23-14(22-26-15(23)24)12-13(21-27-20-12)19-8-4-16(5-8)6-25-7-16/h1-3,8H,4-7H2,(H,19,21). The molecule has 0 unspecified atom stereocenters. The molecule has 2 aliphatic rings. The Hall–Kier alpha value is -2.53. The van der Waals surface area contributed by atoms with Crippen molar-refractivity contribution in [3.63, 3.8) is 0 Å². The predicted molar refractivity (Wildman–Crippen MR) is 92.9 cm³/mol. The van der Waals surface area contributed by atoms with Crippen LogP contribution in [-0.2, 0) is 4.74 Å². The minimum Gasteiger partial charge on any atom is -0.380 e. The molecule has 5 rings (SSSR count). The summed E-state index contributed by atoms with van der Waals surface area (Å²) in [5.41, 5.74) is 0.894. The molecule has 1 aliphatic carbocycles. The first-order valence-electron chi connectivity index (χ1n) is 8.26. The molecule has 27 heavy (non-hydrogen) atoms. The van der Waals surface area contributed by atoms with Crippen LogP contribution in [0.25, 0.3) is 17.2 Å². The number of nitrogens with one attached hydrogen (secondary N) is 1.